The molecule has 146 valence electrons. The molecule has 0 radical (unpaired) electrons. The predicted octanol–water partition coefficient (Wildman–Crippen LogP) is 3.80. The van der Waals surface area contributed by atoms with E-state index in [1.165, 1.54) is 76.6 Å². The molecule has 5 nitrogen and oxygen atoms in total. The van der Waals surface area contributed by atoms with E-state index in [9.17, 15) is 0 Å². The Morgan fingerprint density at radius 2 is 1.77 bits per heavy atom. The van der Waals surface area contributed by atoms with E-state index in [0.717, 1.165) is 38.6 Å². The van der Waals surface area contributed by atoms with E-state index >= 15 is 0 Å². The summed E-state index contributed by atoms with van der Waals surface area (Å²) in [5.41, 5.74) is 1.21. The summed E-state index contributed by atoms with van der Waals surface area (Å²) in [6.07, 6.45) is 11.9. The largest absolute Gasteiger partial charge is 0.379 e. The van der Waals surface area contributed by atoms with Gasteiger partial charge in [0, 0.05) is 31.1 Å². The van der Waals surface area contributed by atoms with Crippen molar-refractivity contribution in [2.75, 3.05) is 39.4 Å². The molecule has 3 fully saturated rings. The molecule has 1 aliphatic carbocycles. The molecule has 1 saturated carbocycles. The molecule has 26 heavy (non-hydrogen) atoms. The Kier molecular flexibility index (Phi) is 6.63. The molecule has 5 heteroatoms. The van der Waals surface area contributed by atoms with E-state index in [-0.39, 0.29) is 0 Å². The van der Waals surface area contributed by atoms with Crippen molar-refractivity contribution in [3.05, 3.63) is 17.5 Å². The molecule has 3 heterocycles. The lowest BCUT2D eigenvalue weighted by Crippen LogP contribution is -2.43. The minimum absolute atomic E-state index is 0.639. The Balaban J connectivity index is 1.30. The second-order valence-corrected chi connectivity index (χ2v) is 8.42. The molecular formula is C21H35N3O2. The van der Waals surface area contributed by atoms with Gasteiger partial charge in [0.1, 0.15) is 0 Å². The van der Waals surface area contributed by atoms with Crippen LogP contribution in [0.2, 0.25) is 0 Å². The quantitative estimate of drug-likeness (QED) is 0.771. The molecule has 2 saturated heterocycles. The van der Waals surface area contributed by atoms with Gasteiger partial charge in [-0.05, 0) is 45.2 Å². The second-order valence-electron chi connectivity index (χ2n) is 8.42. The van der Waals surface area contributed by atoms with E-state index < -0.39 is 0 Å². The number of hydrogen-bond acceptors (Lipinski definition) is 5. The summed E-state index contributed by atoms with van der Waals surface area (Å²) in [6.45, 7) is 7.33. The summed E-state index contributed by atoms with van der Waals surface area (Å²) < 4.78 is 11.2. The molecule has 1 aromatic rings. The number of rotatable bonds is 6. The van der Waals surface area contributed by atoms with Crippen LogP contribution in [0.4, 0.5) is 0 Å². The van der Waals surface area contributed by atoms with Crippen molar-refractivity contribution in [2.45, 2.75) is 76.3 Å². The molecule has 4 rings (SSSR count). The Bertz CT molecular complexity index is 535. The first-order valence-electron chi connectivity index (χ1n) is 10.9. The molecule has 0 N–H and O–H groups in total. The second kappa shape index (κ2) is 9.34. The molecule has 1 aromatic heterocycles. The van der Waals surface area contributed by atoms with Crippen molar-refractivity contribution in [3.8, 4) is 0 Å². The van der Waals surface area contributed by atoms with E-state index in [1.54, 1.807) is 0 Å². The van der Waals surface area contributed by atoms with Gasteiger partial charge in [-0.25, -0.2) is 0 Å². The molecule has 0 bridgehead atoms. The maximum absolute atomic E-state index is 5.74. The predicted molar refractivity (Wildman–Crippen MR) is 102 cm³/mol. The minimum Gasteiger partial charge on any atom is -0.379 e. The Morgan fingerprint density at radius 3 is 2.62 bits per heavy atom. The first-order chi connectivity index (χ1) is 12.9. The summed E-state index contributed by atoms with van der Waals surface area (Å²) in [4.78, 5) is 5.21. The lowest BCUT2D eigenvalue weighted by molar-refractivity contribution is 0.0296. The van der Waals surface area contributed by atoms with Crippen molar-refractivity contribution in [3.63, 3.8) is 0 Å². The van der Waals surface area contributed by atoms with Crippen molar-refractivity contribution >= 4 is 0 Å². The van der Waals surface area contributed by atoms with Crippen LogP contribution in [0.15, 0.2) is 10.6 Å². The van der Waals surface area contributed by atoms with E-state index in [0.29, 0.717) is 12.0 Å². The third-order valence-electron chi connectivity index (χ3n) is 6.59. The van der Waals surface area contributed by atoms with Gasteiger partial charge < -0.3 is 9.26 Å². The van der Waals surface area contributed by atoms with Crippen molar-refractivity contribution < 1.29 is 9.26 Å². The highest BCUT2D eigenvalue weighted by Gasteiger charge is 2.26. The third kappa shape index (κ3) is 4.87. The van der Waals surface area contributed by atoms with Crippen LogP contribution >= 0.6 is 0 Å². The van der Waals surface area contributed by atoms with Crippen LogP contribution in [0, 0.1) is 0 Å². The van der Waals surface area contributed by atoms with Gasteiger partial charge in [0.25, 0.3) is 0 Å². The van der Waals surface area contributed by atoms with Gasteiger partial charge in [-0.15, -0.1) is 0 Å². The molecule has 3 aliphatic rings. The molecule has 0 spiro atoms. The average Bonchev–Trinajstić information content (AvgIpc) is 3.17. The zero-order valence-corrected chi connectivity index (χ0v) is 16.2. The van der Waals surface area contributed by atoms with Crippen molar-refractivity contribution in [1.82, 2.24) is 15.0 Å². The number of nitrogens with zero attached hydrogens (tertiary/aromatic N) is 3. The van der Waals surface area contributed by atoms with E-state index in [2.05, 4.69) is 21.0 Å². The maximum atomic E-state index is 5.74. The van der Waals surface area contributed by atoms with Crippen LogP contribution in [0.3, 0.4) is 0 Å². The van der Waals surface area contributed by atoms with Gasteiger partial charge >= 0.3 is 0 Å². The van der Waals surface area contributed by atoms with Crippen LogP contribution in [0.5, 0.6) is 0 Å². The van der Waals surface area contributed by atoms with Crippen LogP contribution in [-0.2, 0) is 11.3 Å². The average molecular weight is 362 g/mol. The summed E-state index contributed by atoms with van der Waals surface area (Å²) in [7, 11) is 0. The molecule has 0 amide bonds. The fraction of sp³-hybridized carbons (Fsp3) is 0.857. The maximum Gasteiger partial charge on any atom is 0.150 e. The fourth-order valence-corrected chi connectivity index (χ4v) is 4.95. The smallest absolute Gasteiger partial charge is 0.150 e. The number of aromatic nitrogens is 1. The third-order valence-corrected chi connectivity index (χ3v) is 6.59. The zero-order valence-electron chi connectivity index (χ0n) is 16.2. The zero-order chi connectivity index (χ0) is 17.6. The monoisotopic (exact) mass is 361 g/mol. The van der Waals surface area contributed by atoms with Gasteiger partial charge in [-0.2, -0.15) is 0 Å². The van der Waals surface area contributed by atoms with Gasteiger partial charge in [-0.3, -0.25) is 9.80 Å². The van der Waals surface area contributed by atoms with Crippen molar-refractivity contribution in [1.29, 1.82) is 0 Å². The SMILES string of the molecule is c1c(C2CCCCC2)noc1CN1CCCC[C@H]1CCN1CCOCC1. The first kappa shape index (κ1) is 18.5. The Hall–Kier alpha value is -0.910. The number of morpholine rings is 1. The Morgan fingerprint density at radius 1 is 0.962 bits per heavy atom. The van der Waals surface area contributed by atoms with Gasteiger partial charge in [0.2, 0.25) is 0 Å². The minimum atomic E-state index is 0.639. The molecule has 1 atom stereocenters. The summed E-state index contributed by atoms with van der Waals surface area (Å²) in [6, 6.07) is 2.94. The van der Waals surface area contributed by atoms with Gasteiger partial charge in [0.05, 0.1) is 25.5 Å². The lowest BCUT2D eigenvalue weighted by Gasteiger charge is -2.37. The molecule has 0 unspecified atom stereocenters. The lowest BCUT2D eigenvalue weighted by atomic mass is 9.87. The van der Waals surface area contributed by atoms with Crippen LogP contribution in [-0.4, -0.2) is 60.4 Å². The number of piperidine rings is 1. The van der Waals surface area contributed by atoms with E-state index in [1.807, 2.05) is 0 Å². The van der Waals surface area contributed by atoms with Crippen LogP contribution in [0.25, 0.3) is 0 Å². The standard InChI is InChI=1S/C21H35N3O2/c1-2-6-18(7-3-1)21-16-20(26-22-21)17-24-10-5-4-8-19(24)9-11-23-12-14-25-15-13-23/h16,18-19H,1-15,17H2/t19-/m0/s1. The molecule has 0 aromatic carbocycles. The highest BCUT2D eigenvalue weighted by atomic mass is 16.5. The Labute approximate surface area is 158 Å². The normalized spacial score (nSPS) is 27.0. The topological polar surface area (TPSA) is 41.7 Å². The number of ether oxygens (including phenoxy) is 1. The van der Waals surface area contributed by atoms with Crippen molar-refractivity contribution in [2.24, 2.45) is 0 Å². The molecule has 2 aliphatic heterocycles. The van der Waals surface area contributed by atoms with Gasteiger partial charge in [0.15, 0.2) is 5.76 Å². The summed E-state index contributed by atoms with van der Waals surface area (Å²) in [5, 5.41) is 4.43. The highest BCUT2D eigenvalue weighted by Crippen LogP contribution is 2.32. The van der Waals surface area contributed by atoms with E-state index in [4.69, 9.17) is 9.26 Å². The first-order valence-corrected chi connectivity index (χ1v) is 10.9. The highest BCUT2D eigenvalue weighted by molar-refractivity contribution is 5.11. The summed E-state index contributed by atoms with van der Waals surface area (Å²) >= 11 is 0. The van der Waals surface area contributed by atoms with Gasteiger partial charge in [-0.1, -0.05) is 30.8 Å². The van der Waals surface area contributed by atoms with Crippen LogP contribution < -0.4 is 0 Å². The number of likely N-dealkylation sites (tertiary alicyclic amines) is 1. The van der Waals surface area contributed by atoms with Crippen LogP contribution in [0.1, 0.15) is 75.2 Å². The number of hydrogen-bond donors (Lipinski definition) is 0. The molecular weight excluding hydrogens is 326 g/mol. The summed E-state index contributed by atoms with van der Waals surface area (Å²) in [5.74, 6) is 1.71. The fourth-order valence-electron chi connectivity index (χ4n) is 4.95.